The SMILES string of the molecule is O=C(Nc1cccc(C(=O)N2CCN(c3ccc([N+](=O)[O-])cc3)CC2)c1)c1ccccc1. The van der Waals surface area contributed by atoms with E-state index in [9.17, 15) is 19.7 Å². The fraction of sp³-hybridized carbons (Fsp3) is 0.167. The summed E-state index contributed by atoms with van der Waals surface area (Å²) in [5.74, 6) is -0.323. The third-order valence-corrected chi connectivity index (χ3v) is 5.40. The summed E-state index contributed by atoms with van der Waals surface area (Å²) in [5, 5.41) is 13.7. The van der Waals surface area contributed by atoms with Crippen LogP contribution in [0.1, 0.15) is 20.7 Å². The Morgan fingerprint density at radius 2 is 1.47 bits per heavy atom. The van der Waals surface area contributed by atoms with E-state index in [4.69, 9.17) is 0 Å². The molecule has 0 unspecified atom stereocenters. The van der Waals surface area contributed by atoms with Crippen LogP contribution in [0.25, 0.3) is 0 Å². The first-order chi connectivity index (χ1) is 15.5. The van der Waals surface area contributed by atoms with Gasteiger partial charge in [0.15, 0.2) is 0 Å². The van der Waals surface area contributed by atoms with E-state index in [1.165, 1.54) is 12.1 Å². The van der Waals surface area contributed by atoms with Crippen LogP contribution < -0.4 is 10.2 Å². The van der Waals surface area contributed by atoms with Crippen molar-refractivity contribution < 1.29 is 14.5 Å². The third-order valence-electron chi connectivity index (χ3n) is 5.40. The quantitative estimate of drug-likeness (QED) is 0.491. The summed E-state index contributed by atoms with van der Waals surface area (Å²) in [6.45, 7) is 2.34. The number of anilines is 2. The minimum atomic E-state index is -0.420. The first-order valence-electron chi connectivity index (χ1n) is 10.3. The first kappa shape index (κ1) is 21.0. The fourth-order valence-electron chi connectivity index (χ4n) is 3.66. The number of hydrogen-bond acceptors (Lipinski definition) is 5. The molecule has 1 heterocycles. The van der Waals surface area contributed by atoms with Gasteiger partial charge >= 0.3 is 0 Å². The van der Waals surface area contributed by atoms with Crippen molar-refractivity contribution in [2.45, 2.75) is 0 Å². The number of nitrogens with zero attached hydrogens (tertiary/aromatic N) is 3. The highest BCUT2D eigenvalue weighted by Gasteiger charge is 2.23. The van der Waals surface area contributed by atoms with Crippen molar-refractivity contribution in [1.29, 1.82) is 0 Å². The summed E-state index contributed by atoms with van der Waals surface area (Å²) < 4.78 is 0. The Kier molecular flexibility index (Phi) is 6.12. The van der Waals surface area contributed by atoms with E-state index in [1.54, 1.807) is 65.6 Å². The first-order valence-corrected chi connectivity index (χ1v) is 10.3. The molecule has 1 saturated heterocycles. The molecule has 1 aliphatic rings. The molecule has 8 heteroatoms. The van der Waals surface area contributed by atoms with Crippen LogP contribution in [0.2, 0.25) is 0 Å². The van der Waals surface area contributed by atoms with Gasteiger partial charge < -0.3 is 15.1 Å². The number of nitro groups is 1. The smallest absolute Gasteiger partial charge is 0.269 e. The number of benzene rings is 3. The molecule has 1 N–H and O–H groups in total. The Morgan fingerprint density at radius 1 is 0.812 bits per heavy atom. The van der Waals surface area contributed by atoms with E-state index in [2.05, 4.69) is 10.2 Å². The van der Waals surface area contributed by atoms with Crippen molar-refractivity contribution in [3.05, 3.63) is 100 Å². The van der Waals surface area contributed by atoms with E-state index >= 15 is 0 Å². The number of piperazine rings is 1. The molecule has 8 nitrogen and oxygen atoms in total. The van der Waals surface area contributed by atoms with Crippen LogP contribution in [-0.4, -0.2) is 47.8 Å². The van der Waals surface area contributed by atoms with Crippen LogP contribution in [0.3, 0.4) is 0 Å². The number of carbonyl (C=O) groups excluding carboxylic acids is 2. The summed E-state index contributed by atoms with van der Waals surface area (Å²) in [6, 6.07) is 22.3. The van der Waals surface area contributed by atoms with Crippen molar-refractivity contribution in [3.63, 3.8) is 0 Å². The molecule has 0 aromatic heterocycles. The summed E-state index contributed by atoms with van der Waals surface area (Å²) in [5.41, 5.74) is 2.58. The van der Waals surface area contributed by atoms with E-state index in [1.807, 2.05) is 6.07 Å². The van der Waals surface area contributed by atoms with Gasteiger partial charge in [0.05, 0.1) is 4.92 Å². The van der Waals surface area contributed by atoms with Crippen LogP contribution in [0, 0.1) is 10.1 Å². The zero-order valence-corrected chi connectivity index (χ0v) is 17.3. The molecule has 32 heavy (non-hydrogen) atoms. The molecule has 0 saturated carbocycles. The highest BCUT2D eigenvalue weighted by Crippen LogP contribution is 2.22. The molecule has 3 aromatic rings. The number of carbonyl (C=O) groups is 2. The van der Waals surface area contributed by atoms with E-state index in [-0.39, 0.29) is 17.5 Å². The Hall–Kier alpha value is -4.20. The Bertz CT molecular complexity index is 1120. The molecule has 4 rings (SSSR count). The summed E-state index contributed by atoms with van der Waals surface area (Å²) in [4.78, 5) is 39.6. The lowest BCUT2D eigenvalue weighted by atomic mass is 10.1. The Morgan fingerprint density at radius 3 is 2.12 bits per heavy atom. The average molecular weight is 430 g/mol. The highest BCUT2D eigenvalue weighted by molar-refractivity contribution is 6.05. The maximum atomic E-state index is 13.0. The van der Waals surface area contributed by atoms with Crippen LogP contribution in [0.15, 0.2) is 78.9 Å². The van der Waals surface area contributed by atoms with Gasteiger partial charge in [-0.05, 0) is 42.5 Å². The van der Waals surface area contributed by atoms with Gasteiger partial charge in [-0.2, -0.15) is 0 Å². The van der Waals surface area contributed by atoms with Gasteiger partial charge in [0.2, 0.25) is 0 Å². The predicted octanol–water partition coefficient (Wildman–Crippen LogP) is 3.81. The van der Waals surface area contributed by atoms with Gasteiger partial charge in [-0.15, -0.1) is 0 Å². The standard InChI is InChI=1S/C24H22N4O4/c29-23(18-5-2-1-3-6-18)25-20-8-4-7-19(17-20)24(30)27-15-13-26(14-16-27)21-9-11-22(12-10-21)28(31)32/h1-12,17H,13-16H2,(H,25,29). The molecule has 0 aliphatic carbocycles. The second-order valence-electron chi connectivity index (χ2n) is 7.45. The molecule has 162 valence electrons. The Balaban J connectivity index is 1.37. The molecule has 2 amide bonds. The maximum absolute atomic E-state index is 13.0. The minimum Gasteiger partial charge on any atom is -0.368 e. The highest BCUT2D eigenvalue weighted by atomic mass is 16.6. The molecule has 1 aliphatic heterocycles. The number of nitro benzene ring substituents is 1. The van der Waals surface area contributed by atoms with Gasteiger partial charge in [-0.25, -0.2) is 0 Å². The Labute approximate surface area is 185 Å². The van der Waals surface area contributed by atoms with Crippen molar-refractivity contribution in [2.24, 2.45) is 0 Å². The zero-order valence-electron chi connectivity index (χ0n) is 17.3. The monoisotopic (exact) mass is 430 g/mol. The third kappa shape index (κ3) is 4.75. The number of hydrogen-bond donors (Lipinski definition) is 1. The normalized spacial score (nSPS) is 13.5. The summed E-state index contributed by atoms with van der Waals surface area (Å²) in [7, 11) is 0. The lowest BCUT2D eigenvalue weighted by Gasteiger charge is -2.36. The van der Waals surface area contributed by atoms with Gasteiger partial charge in [-0.3, -0.25) is 19.7 Å². The second-order valence-corrected chi connectivity index (χ2v) is 7.45. The van der Waals surface area contributed by atoms with Gasteiger partial charge in [0.1, 0.15) is 0 Å². The summed E-state index contributed by atoms with van der Waals surface area (Å²) in [6.07, 6.45) is 0. The van der Waals surface area contributed by atoms with Crippen LogP contribution in [0.5, 0.6) is 0 Å². The van der Waals surface area contributed by atoms with Crippen LogP contribution in [0.4, 0.5) is 17.1 Å². The minimum absolute atomic E-state index is 0.0572. The molecular formula is C24H22N4O4. The molecule has 3 aromatic carbocycles. The average Bonchev–Trinajstić information content (AvgIpc) is 2.84. The van der Waals surface area contributed by atoms with E-state index < -0.39 is 4.92 Å². The van der Waals surface area contributed by atoms with Crippen LogP contribution in [-0.2, 0) is 0 Å². The molecule has 0 spiro atoms. The number of rotatable bonds is 5. The molecule has 0 atom stereocenters. The van der Waals surface area contributed by atoms with Gasteiger partial charge in [0, 0.05) is 60.8 Å². The fourth-order valence-corrected chi connectivity index (χ4v) is 3.66. The van der Waals surface area contributed by atoms with Gasteiger partial charge in [0.25, 0.3) is 17.5 Å². The van der Waals surface area contributed by atoms with E-state index in [0.717, 1.165) is 5.69 Å². The van der Waals surface area contributed by atoms with Crippen LogP contribution >= 0.6 is 0 Å². The molecule has 1 fully saturated rings. The predicted molar refractivity (Wildman–Crippen MR) is 122 cm³/mol. The van der Waals surface area contributed by atoms with E-state index in [0.29, 0.717) is 43.0 Å². The second kappa shape index (κ2) is 9.30. The van der Waals surface area contributed by atoms with Crippen molar-refractivity contribution in [3.8, 4) is 0 Å². The van der Waals surface area contributed by atoms with Crippen molar-refractivity contribution >= 4 is 28.9 Å². The van der Waals surface area contributed by atoms with Gasteiger partial charge in [-0.1, -0.05) is 24.3 Å². The van der Waals surface area contributed by atoms with Crippen molar-refractivity contribution in [2.75, 3.05) is 36.4 Å². The lowest BCUT2D eigenvalue weighted by Crippen LogP contribution is -2.48. The number of non-ortho nitro benzene ring substituents is 1. The lowest BCUT2D eigenvalue weighted by molar-refractivity contribution is -0.384. The molecular weight excluding hydrogens is 408 g/mol. The number of nitrogens with one attached hydrogen (secondary N) is 1. The maximum Gasteiger partial charge on any atom is 0.269 e. The molecule has 0 radical (unpaired) electrons. The summed E-state index contributed by atoms with van der Waals surface area (Å²) >= 11 is 0. The largest absolute Gasteiger partial charge is 0.368 e. The number of amides is 2. The van der Waals surface area contributed by atoms with Crippen molar-refractivity contribution in [1.82, 2.24) is 4.90 Å². The molecule has 0 bridgehead atoms. The topological polar surface area (TPSA) is 95.8 Å². The zero-order chi connectivity index (χ0) is 22.5.